The monoisotopic (exact) mass is 576 g/mol. The number of ketones is 3. The Kier molecular flexibility index (Phi) is 7.40. The topological polar surface area (TPSA) is 51.2 Å². The van der Waals surface area contributed by atoms with E-state index in [0.29, 0.717) is 0 Å². The van der Waals surface area contributed by atoms with E-state index in [-0.39, 0.29) is 0 Å². The molecular weight excluding hydrogens is 570 g/mol. The van der Waals surface area contributed by atoms with Gasteiger partial charge in [0.05, 0.1) is 11.8 Å². The van der Waals surface area contributed by atoms with E-state index in [2.05, 4.69) is 0 Å². The lowest BCUT2D eigenvalue weighted by Crippen LogP contribution is -2.65. The molecular formula is C15H6F18O3. The van der Waals surface area contributed by atoms with Crippen molar-refractivity contribution in [1.82, 2.24) is 0 Å². The van der Waals surface area contributed by atoms with Crippen LogP contribution in [0, 0.1) is 11.8 Å². The minimum absolute atomic E-state index is 1.85. The highest BCUT2D eigenvalue weighted by molar-refractivity contribution is 6.16. The Hall–Kier alpha value is -2.25. The van der Waals surface area contributed by atoms with Gasteiger partial charge in [0, 0.05) is 0 Å². The van der Waals surface area contributed by atoms with Gasteiger partial charge >= 0.3 is 47.9 Å². The zero-order valence-corrected chi connectivity index (χ0v) is 16.1. The molecule has 1 rings (SSSR count). The molecule has 3 nitrogen and oxygen atoms in total. The van der Waals surface area contributed by atoms with E-state index in [1.807, 2.05) is 0 Å². The van der Waals surface area contributed by atoms with Gasteiger partial charge in [-0.25, -0.2) is 0 Å². The summed E-state index contributed by atoms with van der Waals surface area (Å²) >= 11 is 0. The van der Waals surface area contributed by atoms with Gasteiger partial charge < -0.3 is 0 Å². The second-order valence-corrected chi connectivity index (χ2v) is 7.26. The van der Waals surface area contributed by atoms with Crippen LogP contribution in [-0.4, -0.2) is 65.2 Å². The SMILES string of the molecule is O=C1C(C(=O)C(F)(F)C(F)(F)C(F)(F)C(F)(F)F)CCC1C(=O)C(F)(F)C(F)(F)C(F)(F)C(F)(F)F. The second-order valence-electron chi connectivity index (χ2n) is 7.26. The molecule has 210 valence electrons. The molecule has 2 atom stereocenters. The average Bonchev–Trinajstić information content (AvgIpc) is 3.05. The van der Waals surface area contributed by atoms with Gasteiger partial charge in [0.25, 0.3) is 0 Å². The first kappa shape index (κ1) is 31.8. The van der Waals surface area contributed by atoms with Crippen LogP contribution in [0.25, 0.3) is 0 Å². The average molecular weight is 576 g/mol. The lowest BCUT2D eigenvalue weighted by atomic mass is 9.86. The molecule has 36 heavy (non-hydrogen) atoms. The van der Waals surface area contributed by atoms with Crippen LogP contribution in [0.1, 0.15) is 12.8 Å². The largest absolute Gasteiger partial charge is 0.460 e. The molecule has 2 unspecified atom stereocenters. The molecule has 1 aliphatic rings. The summed E-state index contributed by atoms with van der Waals surface area (Å²) in [5, 5.41) is 0. The van der Waals surface area contributed by atoms with E-state index in [4.69, 9.17) is 0 Å². The molecule has 0 saturated heterocycles. The van der Waals surface area contributed by atoms with E-state index < -0.39 is 89.9 Å². The first-order valence-corrected chi connectivity index (χ1v) is 8.49. The van der Waals surface area contributed by atoms with Crippen molar-refractivity contribution in [2.24, 2.45) is 11.8 Å². The third-order valence-corrected chi connectivity index (χ3v) is 4.97. The third kappa shape index (κ3) is 4.18. The molecule has 1 fully saturated rings. The Morgan fingerprint density at radius 3 is 0.889 bits per heavy atom. The van der Waals surface area contributed by atoms with Gasteiger partial charge in [-0.05, 0) is 12.8 Å². The fraction of sp³-hybridized carbons (Fsp3) is 0.800. The summed E-state index contributed by atoms with van der Waals surface area (Å²) in [6.07, 6.45) is -18.6. The third-order valence-electron chi connectivity index (χ3n) is 4.97. The second kappa shape index (κ2) is 8.38. The molecule has 0 aromatic carbocycles. The first-order valence-electron chi connectivity index (χ1n) is 8.49. The molecule has 21 heteroatoms. The van der Waals surface area contributed by atoms with Crippen molar-refractivity contribution >= 4 is 17.3 Å². The summed E-state index contributed by atoms with van der Waals surface area (Å²) in [5.74, 6) is -62.6. The first-order chi connectivity index (χ1) is 15.5. The highest BCUT2D eigenvalue weighted by Gasteiger charge is 2.85. The number of alkyl halides is 18. The summed E-state index contributed by atoms with van der Waals surface area (Å²) in [6, 6.07) is 0. The Labute approximate surface area is 184 Å². The molecule has 1 aliphatic carbocycles. The number of halogens is 18. The summed E-state index contributed by atoms with van der Waals surface area (Å²) in [5.41, 5.74) is 0. The minimum atomic E-state index is -7.66. The van der Waals surface area contributed by atoms with Crippen molar-refractivity contribution in [3.8, 4) is 0 Å². The van der Waals surface area contributed by atoms with E-state index in [1.54, 1.807) is 0 Å². The van der Waals surface area contributed by atoms with Crippen LogP contribution in [0.15, 0.2) is 0 Å². The predicted molar refractivity (Wildman–Crippen MR) is 73.0 cm³/mol. The molecule has 0 heterocycles. The van der Waals surface area contributed by atoms with E-state index in [1.165, 1.54) is 0 Å². The molecule has 1 saturated carbocycles. The Balaban J connectivity index is 3.37. The van der Waals surface area contributed by atoms with Crippen LogP contribution in [0.4, 0.5) is 79.0 Å². The van der Waals surface area contributed by atoms with E-state index >= 15 is 0 Å². The molecule has 0 aromatic rings. The standard InChI is InChI=1S/C15H6F18O3/c16-8(17,10(20,21)12(24,25)14(28,29)30)6(35)3-1-2-4(5(3)34)7(36)9(18,19)11(22,23)13(26,27)15(31,32)33/h3-4H,1-2H2. The smallest absolute Gasteiger partial charge is 0.298 e. The van der Waals surface area contributed by atoms with Gasteiger partial charge in [-0.1, -0.05) is 0 Å². The fourth-order valence-corrected chi connectivity index (χ4v) is 2.88. The lowest BCUT2D eigenvalue weighted by molar-refractivity contribution is -0.388. The van der Waals surface area contributed by atoms with Crippen molar-refractivity contribution in [3.63, 3.8) is 0 Å². The fourth-order valence-electron chi connectivity index (χ4n) is 2.88. The number of Topliss-reactive ketones (excluding diaryl/α,β-unsaturated/α-hetero) is 3. The summed E-state index contributed by atoms with van der Waals surface area (Å²) < 4.78 is 232. The Bertz CT molecular complexity index is 840. The molecule has 0 aliphatic heterocycles. The zero-order valence-electron chi connectivity index (χ0n) is 16.1. The van der Waals surface area contributed by atoms with E-state index in [0.717, 1.165) is 0 Å². The number of hydrogen-bond acceptors (Lipinski definition) is 3. The van der Waals surface area contributed by atoms with Crippen molar-refractivity contribution in [1.29, 1.82) is 0 Å². The van der Waals surface area contributed by atoms with Crippen LogP contribution in [0.2, 0.25) is 0 Å². The van der Waals surface area contributed by atoms with Crippen molar-refractivity contribution in [3.05, 3.63) is 0 Å². The van der Waals surface area contributed by atoms with Crippen LogP contribution < -0.4 is 0 Å². The van der Waals surface area contributed by atoms with Crippen molar-refractivity contribution < 1.29 is 93.4 Å². The maximum atomic E-state index is 13.7. The number of hydrogen-bond donors (Lipinski definition) is 0. The Morgan fingerprint density at radius 2 is 0.694 bits per heavy atom. The highest BCUT2D eigenvalue weighted by Crippen LogP contribution is 2.56. The van der Waals surface area contributed by atoms with Crippen LogP contribution >= 0.6 is 0 Å². The van der Waals surface area contributed by atoms with Gasteiger partial charge in [0.15, 0.2) is 5.78 Å². The molecule has 0 amide bonds. The van der Waals surface area contributed by atoms with Gasteiger partial charge in [-0.2, -0.15) is 79.0 Å². The summed E-state index contributed by atoms with van der Waals surface area (Å²) in [6.45, 7) is 0. The maximum absolute atomic E-state index is 13.7. The maximum Gasteiger partial charge on any atom is 0.460 e. The molecule has 0 bridgehead atoms. The molecule has 0 radical (unpaired) electrons. The number of carbonyl (C=O) groups is 3. The minimum Gasteiger partial charge on any atom is -0.298 e. The number of carbonyl (C=O) groups excluding carboxylic acids is 3. The lowest BCUT2D eigenvalue weighted by Gasteiger charge is -2.34. The van der Waals surface area contributed by atoms with Crippen molar-refractivity contribution in [2.45, 2.75) is 60.7 Å². The quantitative estimate of drug-likeness (QED) is 0.277. The van der Waals surface area contributed by atoms with Crippen LogP contribution in [0.3, 0.4) is 0 Å². The van der Waals surface area contributed by atoms with Gasteiger partial charge in [0.2, 0.25) is 11.6 Å². The molecule has 0 aromatic heterocycles. The van der Waals surface area contributed by atoms with Crippen LogP contribution in [0.5, 0.6) is 0 Å². The zero-order chi connectivity index (χ0) is 29.3. The van der Waals surface area contributed by atoms with Gasteiger partial charge in [-0.15, -0.1) is 0 Å². The summed E-state index contributed by atoms with van der Waals surface area (Å²) in [7, 11) is 0. The van der Waals surface area contributed by atoms with Gasteiger partial charge in [-0.3, -0.25) is 14.4 Å². The van der Waals surface area contributed by atoms with Gasteiger partial charge in [0.1, 0.15) is 0 Å². The highest BCUT2D eigenvalue weighted by atomic mass is 19.4. The van der Waals surface area contributed by atoms with Crippen molar-refractivity contribution in [2.75, 3.05) is 0 Å². The number of rotatable bonds is 8. The normalized spacial score (nSPS) is 21.7. The molecule has 0 N–H and O–H groups in total. The Morgan fingerprint density at radius 1 is 0.472 bits per heavy atom. The van der Waals surface area contributed by atoms with Crippen LogP contribution in [-0.2, 0) is 14.4 Å². The van der Waals surface area contributed by atoms with E-state index in [9.17, 15) is 93.4 Å². The molecule has 0 spiro atoms. The predicted octanol–water partition coefficient (Wildman–Crippen LogP) is 5.66. The summed E-state index contributed by atoms with van der Waals surface area (Å²) in [4.78, 5) is 34.9.